The zero-order chi connectivity index (χ0) is 16.3. The summed E-state index contributed by atoms with van der Waals surface area (Å²) in [7, 11) is -3.21. The lowest BCUT2D eigenvalue weighted by molar-refractivity contribution is -0.130. The molecule has 1 aliphatic heterocycles. The minimum atomic E-state index is -3.21. The van der Waals surface area contributed by atoms with Crippen LogP contribution in [0.25, 0.3) is 0 Å². The first kappa shape index (κ1) is 18.4. The van der Waals surface area contributed by atoms with Crippen LogP contribution in [0.4, 0.5) is 0 Å². The number of carbonyl (C=O) groups excluding carboxylic acids is 1. The summed E-state index contributed by atoms with van der Waals surface area (Å²) in [5.41, 5.74) is 0. The summed E-state index contributed by atoms with van der Waals surface area (Å²) in [5.74, 6) is 0.0543. The number of sulfone groups is 1. The fraction of sp³-hybridized carbons (Fsp3) is 0.933. The highest BCUT2D eigenvalue weighted by molar-refractivity contribution is 7.92. The molecule has 21 heavy (non-hydrogen) atoms. The standard InChI is InChI=1S/C15H30N2O3S/c1-6-8-10-12-14(18)17(13(16-12)9-7-2)11-15(3,4)21(5,19)20/h12-13,16H,6-11H2,1-5H3. The van der Waals surface area contributed by atoms with E-state index in [2.05, 4.69) is 19.2 Å². The molecule has 0 aliphatic carbocycles. The molecule has 6 heteroatoms. The van der Waals surface area contributed by atoms with Crippen LogP contribution in [0.3, 0.4) is 0 Å². The summed E-state index contributed by atoms with van der Waals surface area (Å²) in [5, 5.41) is 3.38. The average Bonchev–Trinajstić information content (AvgIpc) is 2.64. The third kappa shape index (κ3) is 4.42. The summed E-state index contributed by atoms with van der Waals surface area (Å²) >= 11 is 0. The number of hydrogen-bond donors (Lipinski definition) is 1. The molecule has 1 amide bonds. The quantitative estimate of drug-likeness (QED) is 0.742. The van der Waals surface area contributed by atoms with Crippen LogP contribution in [0.1, 0.15) is 59.8 Å². The van der Waals surface area contributed by atoms with Crippen molar-refractivity contribution < 1.29 is 13.2 Å². The summed E-state index contributed by atoms with van der Waals surface area (Å²) in [6, 6.07) is -0.156. The summed E-state index contributed by atoms with van der Waals surface area (Å²) in [6.45, 7) is 7.82. The largest absolute Gasteiger partial charge is 0.324 e. The van der Waals surface area contributed by atoms with Crippen molar-refractivity contribution in [3.05, 3.63) is 0 Å². The second kappa shape index (κ2) is 7.09. The molecule has 1 N–H and O–H groups in total. The maximum Gasteiger partial charge on any atom is 0.241 e. The Morgan fingerprint density at radius 1 is 1.19 bits per heavy atom. The van der Waals surface area contributed by atoms with Crippen LogP contribution >= 0.6 is 0 Å². The lowest BCUT2D eigenvalue weighted by atomic mass is 10.1. The van der Waals surface area contributed by atoms with Crippen molar-refractivity contribution in [2.75, 3.05) is 12.8 Å². The molecular formula is C15H30N2O3S. The van der Waals surface area contributed by atoms with Gasteiger partial charge in [0.1, 0.15) is 0 Å². The number of unbranched alkanes of at least 4 members (excludes halogenated alkanes) is 1. The molecule has 5 nitrogen and oxygen atoms in total. The van der Waals surface area contributed by atoms with E-state index in [1.54, 1.807) is 18.7 Å². The number of carbonyl (C=O) groups is 1. The lowest BCUT2D eigenvalue weighted by Crippen LogP contribution is -2.48. The number of nitrogens with one attached hydrogen (secondary N) is 1. The normalized spacial score (nSPS) is 23.9. The van der Waals surface area contributed by atoms with Crippen LogP contribution in [-0.4, -0.2) is 49.0 Å². The summed E-state index contributed by atoms with van der Waals surface area (Å²) in [4.78, 5) is 14.3. The van der Waals surface area contributed by atoms with Gasteiger partial charge in [-0.3, -0.25) is 10.1 Å². The molecule has 0 aromatic rings. The van der Waals surface area contributed by atoms with Gasteiger partial charge in [-0.2, -0.15) is 0 Å². The molecule has 1 rings (SSSR count). The van der Waals surface area contributed by atoms with Gasteiger partial charge in [-0.15, -0.1) is 0 Å². The molecule has 0 aromatic heterocycles. The van der Waals surface area contributed by atoms with Crippen LogP contribution in [0.5, 0.6) is 0 Å². The molecule has 1 heterocycles. The van der Waals surface area contributed by atoms with E-state index in [-0.39, 0.29) is 24.7 Å². The van der Waals surface area contributed by atoms with E-state index in [0.717, 1.165) is 32.1 Å². The van der Waals surface area contributed by atoms with Gasteiger partial charge in [0.2, 0.25) is 5.91 Å². The van der Waals surface area contributed by atoms with E-state index in [0.29, 0.717) is 0 Å². The van der Waals surface area contributed by atoms with Crippen molar-refractivity contribution >= 4 is 15.7 Å². The highest BCUT2D eigenvalue weighted by Crippen LogP contribution is 2.24. The smallest absolute Gasteiger partial charge is 0.241 e. The Morgan fingerprint density at radius 2 is 1.81 bits per heavy atom. The fourth-order valence-electron chi connectivity index (χ4n) is 2.59. The number of hydrogen-bond acceptors (Lipinski definition) is 4. The molecule has 1 saturated heterocycles. The van der Waals surface area contributed by atoms with Crippen molar-refractivity contribution in [1.29, 1.82) is 0 Å². The topological polar surface area (TPSA) is 66.5 Å². The van der Waals surface area contributed by atoms with Crippen molar-refractivity contribution in [1.82, 2.24) is 10.2 Å². The Labute approximate surface area is 129 Å². The van der Waals surface area contributed by atoms with Crippen molar-refractivity contribution in [2.45, 2.75) is 76.8 Å². The minimum Gasteiger partial charge on any atom is -0.324 e. The van der Waals surface area contributed by atoms with Crippen LogP contribution in [0.15, 0.2) is 0 Å². The van der Waals surface area contributed by atoms with Gasteiger partial charge in [-0.25, -0.2) is 8.42 Å². The Bertz CT molecular complexity index is 460. The van der Waals surface area contributed by atoms with Gasteiger partial charge >= 0.3 is 0 Å². The van der Waals surface area contributed by atoms with E-state index in [1.165, 1.54) is 6.26 Å². The zero-order valence-electron chi connectivity index (χ0n) is 14.0. The number of amides is 1. The predicted molar refractivity (Wildman–Crippen MR) is 85.8 cm³/mol. The van der Waals surface area contributed by atoms with Crippen molar-refractivity contribution in [3.8, 4) is 0 Å². The Morgan fingerprint density at radius 3 is 2.29 bits per heavy atom. The third-order valence-electron chi connectivity index (χ3n) is 4.31. The number of rotatable bonds is 8. The van der Waals surface area contributed by atoms with Gasteiger partial charge in [0.25, 0.3) is 0 Å². The van der Waals surface area contributed by atoms with Crippen LogP contribution in [0, 0.1) is 0 Å². The average molecular weight is 318 g/mol. The first-order valence-corrected chi connectivity index (χ1v) is 9.79. The minimum absolute atomic E-state index is 0.0367. The molecule has 2 atom stereocenters. The molecule has 0 spiro atoms. The maximum absolute atomic E-state index is 12.6. The van der Waals surface area contributed by atoms with Crippen LogP contribution < -0.4 is 5.32 Å². The van der Waals surface area contributed by atoms with Crippen LogP contribution in [0.2, 0.25) is 0 Å². The van der Waals surface area contributed by atoms with Gasteiger partial charge in [-0.1, -0.05) is 33.1 Å². The Kier molecular flexibility index (Phi) is 6.23. The molecule has 2 unspecified atom stereocenters. The second-order valence-corrected chi connectivity index (χ2v) is 9.31. The predicted octanol–water partition coefficient (Wildman–Crippen LogP) is 1.93. The monoisotopic (exact) mass is 318 g/mol. The van der Waals surface area contributed by atoms with E-state index in [9.17, 15) is 13.2 Å². The Balaban J connectivity index is 2.88. The molecule has 1 fully saturated rings. The third-order valence-corrected chi connectivity index (χ3v) is 6.45. The van der Waals surface area contributed by atoms with Gasteiger partial charge < -0.3 is 4.90 Å². The first-order valence-electron chi connectivity index (χ1n) is 7.90. The second-order valence-electron chi connectivity index (χ2n) is 6.66. The SMILES string of the molecule is CCCCC1NC(CCC)N(CC(C)(C)S(C)(=O)=O)C1=O. The Hall–Kier alpha value is -0.620. The molecule has 0 bridgehead atoms. The maximum atomic E-state index is 12.6. The van der Waals surface area contributed by atoms with Crippen molar-refractivity contribution in [2.24, 2.45) is 0 Å². The molecule has 0 radical (unpaired) electrons. The van der Waals surface area contributed by atoms with E-state index < -0.39 is 14.6 Å². The molecule has 1 aliphatic rings. The van der Waals surface area contributed by atoms with Crippen LogP contribution in [-0.2, 0) is 14.6 Å². The summed E-state index contributed by atoms with van der Waals surface area (Å²) < 4.78 is 22.9. The van der Waals surface area contributed by atoms with E-state index in [4.69, 9.17) is 0 Å². The highest BCUT2D eigenvalue weighted by Gasteiger charge is 2.42. The van der Waals surface area contributed by atoms with Gasteiger partial charge in [0.05, 0.1) is 17.0 Å². The van der Waals surface area contributed by atoms with Gasteiger partial charge in [0, 0.05) is 12.8 Å². The first-order chi connectivity index (χ1) is 9.64. The van der Waals surface area contributed by atoms with E-state index in [1.807, 2.05) is 0 Å². The zero-order valence-corrected chi connectivity index (χ0v) is 14.8. The van der Waals surface area contributed by atoms with E-state index >= 15 is 0 Å². The van der Waals surface area contributed by atoms with Gasteiger partial charge in [0.15, 0.2) is 9.84 Å². The van der Waals surface area contributed by atoms with Gasteiger partial charge in [-0.05, 0) is 26.7 Å². The molecule has 0 aromatic carbocycles. The fourth-order valence-corrected chi connectivity index (χ4v) is 2.96. The molecular weight excluding hydrogens is 288 g/mol. The van der Waals surface area contributed by atoms with Crippen molar-refractivity contribution in [3.63, 3.8) is 0 Å². The molecule has 124 valence electrons. The summed E-state index contributed by atoms with van der Waals surface area (Å²) in [6.07, 6.45) is 5.90. The lowest BCUT2D eigenvalue weighted by Gasteiger charge is -2.32. The highest BCUT2D eigenvalue weighted by atomic mass is 32.2. The number of nitrogens with zero attached hydrogens (tertiary/aromatic N) is 1. The molecule has 0 saturated carbocycles.